The Morgan fingerprint density at radius 1 is 1.67 bits per heavy atom. The van der Waals surface area contributed by atoms with Crippen LogP contribution >= 0.6 is 0 Å². The van der Waals surface area contributed by atoms with Crippen molar-refractivity contribution in [3.8, 4) is 0 Å². The maximum atomic E-state index is 11.8. The number of nitrogens with two attached hydrogens (primary N) is 1. The molecule has 1 unspecified atom stereocenters. The molecule has 96 valence electrons. The molecule has 0 aromatic carbocycles. The fourth-order valence-electron chi connectivity index (χ4n) is 1.54. The third kappa shape index (κ3) is 2.75. The van der Waals surface area contributed by atoms with Gasteiger partial charge < -0.3 is 15.6 Å². The van der Waals surface area contributed by atoms with E-state index in [9.17, 15) is 4.79 Å². The van der Waals surface area contributed by atoms with Gasteiger partial charge in [0.25, 0.3) is 0 Å². The van der Waals surface area contributed by atoms with Crippen molar-refractivity contribution in [2.75, 3.05) is 0 Å². The van der Waals surface area contributed by atoms with E-state index in [1.165, 1.54) is 0 Å². The number of nitrogens with zero attached hydrogens (tertiary/aromatic N) is 3. The fraction of sp³-hybridized carbons (Fsp3) is 0.364. The average Bonchev–Trinajstić information content (AvgIpc) is 2.94. The van der Waals surface area contributed by atoms with Gasteiger partial charge in [-0.05, 0) is 6.92 Å². The number of hydrogen-bond donors (Lipinski definition) is 2. The van der Waals surface area contributed by atoms with Gasteiger partial charge in [0, 0.05) is 24.9 Å². The lowest BCUT2D eigenvalue weighted by molar-refractivity contribution is -0.122. The molecule has 18 heavy (non-hydrogen) atoms. The third-order valence-electron chi connectivity index (χ3n) is 2.48. The van der Waals surface area contributed by atoms with Gasteiger partial charge in [-0.2, -0.15) is 5.10 Å². The van der Waals surface area contributed by atoms with Crippen LogP contribution < -0.4 is 11.1 Å². The molecule has 7 nitrogen and oxygen atoms in total. The van der Waals surface area contributed by atoms with Crippen molar-refractivity contribution in [3.05, 3.63) is 35.5 Å². The van der Waals surface area contributed by atoms with Gasteiger partial charge in [0.1, 0.15) is 6.04 Å². The van der Waals surface area contributed by atoms with Gasteiger partial charge in [-0.3, -0.25) is 9.48 Å². The minimum atomic E-state index is -0.734. The Labute approximate surface area is 104 Å². The van der Waals surface area contributed by atoms with Crippen LogP contribution in [-0.2, 0) is 18.4 Å². The third-order valence-corrected chi connectivity index (χ3v) is 2.48. The highest BCUT2D eigenvalue weighted by Crippen LogP contribution is 2.09. The summed E-state index contributed by atoms with van der Waals surface area (Å²) < 4.78 is 6.58. The van der Waals surface area contributed by atoms with Crippen molar-refractivity contribution in [1.82, 2.24) is 20.3 Å². The molecule has 2 rings (SSSR count). The maximum absolute atomic E-state index is 11.8. The largest absolute Gasteiger partial charge is 0.359 e. The van der Waals surface area contributed by atoms with Gasteiger partial charge in [0.15, 0.2) is 5.76 Å². The molecule has 0 saturated carbocycles. The Morgan fingerprint density at radius 2 is 2.44 bits per heavy atom. The zero-order valence-electron chi connectivity index (χ0n) is 10.3. The van der Waals surface area contributed by atoms with Crippen LogP contribution in [0.25, 0.3) is 0 Å². The first-order chi connectivity index (χ1) is 8.56. The van der Waals surface area contributed by atoms with E-state index in [1.54, 1.807) is 30.2 Å². The van der Waals surface area contributed by atoms with E-state index in [4.69, 9.17) is 10.3 Å². The van der Waals surface area contributed by atoms with E-state index in [0.717, 1.165) is 5.69 Å². The molecule has 0 aliphatic carbocycles. The van der Waals surface area contributed by atoms with Gasteiger partial charge in [-0.25, -0.2) is 0 Å². The monoisotopic (exact) mass is 249 g/mol. The van der Waals surface area contributed by atoms with E-state index in [2.05, 4.69) is 15.6 Å². The van der Waals surface area contributed by atoms with E-state index in [1.807, 2.05) is 6.92 Å². The number of aromatic nitrogens is 3. The zero-order chi connectivity index (χ0) is 13.1. The van der Waals surface area contributed by atoms with Crippen molar-refractivity contribution in [2.45, 2.75) is 19.5 Å². The molecule has 1 amide bonds. The summed E-state index contributed by atoms with van der Waals surface area (Å²) in [4.78, 5) is 11.8. The standard InChI is InChI=1S/C11H15N5O2/c1-7-3-9(18-15-7)5-13-11(17)10(12)8-4-14-16(2)6-8/h3-4,6,10H,5,12H2,1-2H3,(H,13,17). The number of carbonyl (C=O) groups excluding carboxylic acids is 1. The van der Waals surface area contributed by atoms with Gasteiger partial charge in [-0.1, -0.05) is 5.16 Å². The number of hydrogen-bond acceptors (Lipinski definition) is 5. The predicted octanol–water partition coefficient (Wildman–Crippen LogP) is 0.0327. The first kappa shape index (κ1) is 12.3. The van der Waals surface area contributed by atoms with Gasteiger partial charge >= 0.3 is 0 Å². The fourth-order valence-corrected chi connectivity index (χ4v) is 1.54. The smallest absolute Gasteiger partial charge is 0.242 e. The number of amides is 1. The lowest BCUT2D eigenvalue weighted by Crippen LogP contribution is -2.33. The summed E-state index contributed by atoms with van der Waals surface area (Å²) in [7, 11) is 1.77. The summed E-state index contributed by atoms with van der Waals surface area (Å²) in [5.74, 6) is 0.316. The lowest BCUT2D eigenvalue weighted by atomic mass is 10.1. The molecule has 2 aromatic rings. The van der Waals surface area contributed by atoms with Crippen molar-refractivity contribution in [2.24, 2.45) is 12.8 Å². The molecule has 0 spiro atoms. The van der Waals surface area contributed by atoms with Gasteiger partial charge in [-0.15, -0.1) is 0 Å². The molecule has 0 bridgehead atoms. The minimum absolute atomic E-state index is 0.271. The SMILES string of the molecule is Cc1cc(CNC(=O)C(N)c2cnn(C)c2)on1. The summed E-state index contributed by atoms with van der Waals surface area (Å²) in [6, 6.07) is 1.03. The summed E-state index contributed by atoms with van der Waals surface area (Å²) >= 11 is 0. The van der Waals surface area contributed by atoms with Gasteiger partial charge in [0.05, 0.1) is 18.4 Å². The van der Waals surface area contributed by atoms with Crippen LogP contribution in [0.1, 0.15) is 23.1 Å². The number of nitrogens with one attached hydrogen (secondary N) is 1. The average molecular weight is 249 g/mol. The van der Waals surface area contributed by atoms with Gasteiger partial charge in [0.2, 0.25) is 5.91 Å². The molecule has 0 aliphatic rings. The van der Waals surface area contributed by atoms with Crippen LogP contribution in [0, 0.1) is 6.92 Å². The topological polar surface area (TPSA) is 99.0 Å². The molecule has 0 radical (unpaired) electrons. The van der Waals surface area contributed by atoms with Crippen molar-refractivity contribution >= 4 is 5.91 Å². The first-order valence-corrected chi connectivity index (χ1v) is 5.50. The van der Waals surface area contributed by atoms with E-state index in [0.29, 0.717) is 11.3 Å². The predicted molar refractivity (Wildman–Crippen MR) is 63.2 cm³/mol. The summed E-state index contributed by atoms with van der Waals surface area (Å²) in [6.45, 7) is 2.09. The molecule has 7 heteroatoms. The van der Waals surface area contributed by atoms with Crippen LogP contribution in [0.2, 0.25) is 0 Å². The molecule has 0 aliphatic heterocycles. The van der Waals surface area contributed by atoms with E-state index in [-0.39, 0.29) is 12.5 Å². The highest BCUT2D eigenvalue weighted by molar-refractivity contribution is 5.82. The molecule has 3 N–H and O–H groups in total. The van der Waals surface area contributed by atoms with Crippen LogP contribution in [0.15, 0.2) is 23.0 Å². The quantitative estimate of drug-likeness (QED) is 0.796. The second-order valence-corrected chi connectivity index (χ2v) is 4.08. The van der Waals surface area contributed by atoms with Crippen LogP contribution in [-0.4, -0.2) is 20.8 Å². The minimum Gasteiger partial charge on any atom is -0.359 e. The first-order valence-electron chi connectivity index (χ1n) is 5.50. The highest BCUT2D eigenvalue weighted by Gasteiger charge is 2.17. The molecule has 1 atom stereocenters. The Hall–Kier alpha value is -2.15. The van der Waals surface area contributed by atoms with Crippen molar-refractivity contribution in [1.29, 1.82) is 0 Å². The molecule has 2 aromatic heterocycles. The Bertz CT molecular complexity index is 545. The number of rotatable bonds is 4. The summed E-state index contributed by atoms with van der Waals surface area (Å²) in [6.07, 6.45) is 3.28. The molecule has 2 heterocycles. The van der Waals surface area contributed by atoms with Crippen molar-refractivity contribution in [3.63, 3.8) is 0 Å². The molecule has 0 fully saturated rings. The lowest BCUT2D eigenvalue weighted by Gasteiger charge is -2.08. The summed E-state index contributed by atoms with van der Waals surface area (Å²) in [5.41, 5.74) is 7.25. The molecular formula is C11H15N5O2. The Balaban J connectivity index is 1.92. The van der Waals surface area contributed by atoms with Crippen LogP contribution in [0.5, 0.6) is 0 Å². The van der Waals surface area contributed by atoms with Crippen LogP contribution in [0.4, 0.5) is 0 Å². The zero-order valence-corrected chi connectivity index (χ0v) is 10.3. The van der Waals surface area contributed by atoms with Crippen LogP contribution in [0.3, 0.4) is 0 Å². The summed E-state index contributed by atoms with van der Waals surface area (Å²) in [5, 5.41) is 10.4. The maximum Gasteiger partial charge on any atom is 0.242 e. The molecular weight excluding hydrogens is 234 g/mol. The molecule has 0 saturated heterocycles. The number of carbonyl (C=O) groups is 1. The second kappa shape index (κ2) is 5.01. The van der Waals surface area contributed by atoms with E-state index >= 15 is 0 Å². The Morgan fingerprint density at radius 3 is 3.00 bits per heavy atom. The van der Waals surface area contributed by atoms with Crippen molar-refractivity contribution < 1.29 is 9.32 Å². The normalized spacial score (nSPS) is 12.4. The second-order valence-electron chi connectivity index (χ2n) is 4.08. The highest BCUT2D eigenvalue weighted by atomic mass is 16.5. The number of aryl methyl sites for hydroxylation is 2. The van der Waals surface area contributed by atoms with E-state index < -0.39 is 6.04 Å². The Kier molecular flexibility index (Phi) is 3.42.